The van der Waals surface area contributed by atoms with E-state index in [-0.39, 0.29) is 17.6 Å². The standard InChI is InChI=1S/C18H20N4O3/c23-17(16-10-20-5-6-21-16)22-12-18(13-22)8-15(3-7-25-18)24-11-14-2-1-4-19-9-14/h1-2,4-6,9-10,15H,3,7-8,11-13H2/t15-/m0/s1. The Morgan fingerprint density at radius 2 is 2.16 bits per heavy atom. The van der Waals surface area contributed by atoms with E-state index in [1.165, 1.54) is 12.4 Å². The van der Waals surface area contributed by atoms with Crippen LogP contribution in [0.15, 0.2) is 43.1 Å². The second kappa shape index (κ2) is 6.85. The van der Waals surface area contributed by atoms with Crippen molar-refractivity contribution in [1.82, 2.24) is 19.9 Å². The molecule has 0 aromatic carbocycles. The molecule has 25 heavy (non-hydrogen) atoms. The first-order valence-electron chi connectivity index (χ1n) is 8.44. The Labute approximate surface area is 146 Å². The minimum atomic E-state index is -0.282. The molecule has 7 heteroatoms. The number of carbonyl (C=O) groups excluding carboxylic acids is 1. The molecule has 2 fully saturated rings. The molecule has 2 aromatic heterocycles. The molecule has 0 aliphatic carbocycles. The molecule has 0 saturated carbocycles. The Kier molecular flexibility index (Phi) is 4.42. The molecule has 7 nitrogen and oxygen atoms in total. The van der Waals surface area contributed by atoms with Gasteiger partial charge in [-0.2, -0.15) is 0 Å². The van der Waals surface area contributed by atoms with Gasteiger partial charge >= 0.3 is 0 Å². The number of carbonyl (C=O) groups is 1. The molecule has 2 aliphatic rings. The average molecular weight is 340 g/mol. The Balaban J connectivity index is 1.31. The molecule has 1 atom stereocenters. The van der Waals surface area contributed by atoms with E-state index in [9.17, 15) is 4.79 Å². The average Bonchev–Trinajstić information content (AvgIpc) is 2.65. The van der Waals surface area contributed by atoms with Gasteiger partial charge in [0.2, 0.25) is 0 Å². The number of amides is 1. The largest absolute Gasteiger partial charge is 0.373 e. The smallest absolute Gasteiger partial charge is 0.274 e. The van der Waals surface area contributed by atoms with E-state index in [2.05, 4.69) is 15.0 Å². The summed E-state index contributed by atoms with van der Waals surface area (Å²) in [6.45, 7) is 2.37. The molecule has 2 aromatic rings. The summed E-state index contributed by atoms with van der Waals surface area (Å²) in [4.78, 5) is 26.3. The van der Waals surface area contributed by atoms with Crippen LogP contribution in [0.1, 0.15) is 28.9 Å². The highest BCUT2D eigenvalue weighted by molar-refractivity contribution is 5.92. The highest BCUT2D eigenvalue weighted by Crippen LogP contribution is 2.36. The van der Waals surface area contributed by atoms with Crippen molar-refractivity contribution in [3.05, 3.63) is 54.4 Å². The molecular formula is C18H20N4O3. The Hall–Kier alpha value is -2.38. The van der Waals surface area contributed by atoms with Gasteiger partial charge in [-0.15, -0.1) is 0 Å². The number of likely N-dealkylation sites (tertiary alicyclic amines) is 1. The van der Waals surface area contributed by atoms with Crippen LogP contribution in [0.4, 0.5) is 0 Å². The summed E-state index contributed by atoms with van der Waals surface area (Å²) in [5.74, 6) is -0.0965. The minimum Gasteiger partial charge on any atom is -0.373 e. The molecule has 0 radical (unpaired) electrons. The van der Waals surface area contributed by atoms with E-state index in [1.54, 1.807) is 17.3 Å². The van der Waals surface area contributed by atoms with Crippen molar-refractivity contribution in [1.29, 1.82) is 0 Å². The van der Waals surface area contributed by atoms with Gasteiger partial charge < -0.3 is 14.4 Å². The van der Waals surface area contributed by atoms with Crippen molar-refractivity contribution >= 4 is 5.91 Å². The Morgan fingerprint density at radius 1 is 1.28 bits per heavy atom. The normalized spacial score (nSPS) is 21.8. The molecule has 0 bridgehead atoms. The van der Waals surface area contributed by atoms with Crippen LogP contribution in [-0.2, 0) is 16.1 Å². The van der Waals surface area contributed by atoms with Crippen molar-refractivity contribution in [2.75, 3.05) is 19.7 Å². The summed E-state index contributed by atoms with van der Waals surface area (Å²) in [7, 11) is 0. The predicted octanol–water partition coefficient (Wildman–Crippen LogP) is 1.46. The number of nitrogens with zero attached hydrogens (tertiary/aromatic N) is 4. The van der Waals surface area contributed by atoms with Crippen LogP contribution in [0.3, 0.4) is 0 Å². The summed E-state index contributed by atoms with van der Waals surface area (Å²) in [6.07, 6.45) is 9.98. The van der Waals surface area contributed by atoms with Crippen molar-refractivity contribution in [3.8, 4) is 0 Å². The van der Waals surface area contributed by atoms with Crippen molar-refractivity contribution in [2.45, 2.75) is 31.2 Å². The van der Waals surface area contributed by atoms with Gasteiger partial charge in [0.05, 0.1) is 32.0 Å². The van der Waals surface area contributed by atoms with Crippen LogP contribution in [0.5, 0.6) is 0 Å². The highest BCUT2D eigenvalue weighted by atomic mass is 16.5. The Bertz CT molecular complexity index is 720. The van der Waals surface area contributed by atoms with Gasteiger partial charge in [-0.3, -0.25) is 14.8 Å². The van der Waals surface area contributed by atoms with Gasteiger partial charge in [-0.1, -0.05) is 6.07 Å². The van der Waals surface area contributed by atoms with Crippen LogP contribution < -0.4 is 0 Å². The topological polar surface area (TPSA) is 77.4 Å². The fourth-order valence-electron chi connectivity index (χ4n) is 3.41. The summed E-state index contributed by atoms with van der Waals surface area (Å²) in [6, 6.07) is 3.92. The molecule has 130 valence electrons. The zero-order valence-electron chi connectivity index (χ0n) is 13.9. The molecule has 2 saturated heterocycles. The van der Waals surface area contributed by atoms with Gasteiger partial charge in [0, 0.05) is 37.8 Å². The van der Waals surface area contributed by atoms with Crippen molar-refractivity contribution < 1.29 is 14.3 Å². The summed E-state index contributed by atoms with van der Waals surface area (Å²) >= 11 is 0. The van der Waals surface area contributed by atoms with E-state index in [1.807, 2.05) is 18.3 Å². The second-order valence-corrected chi connectivity index (χ2v) is 6.57. The van der Waals surface area contributed by atoms with E-state index in [0.29, 0.717) is 32.0 Å². The van der Waals surface area contributed by atoms with Crippen LogP contribution in [0.25, 0.3) is 0 Å². The van der Waals surface area contributed by atoms with Crippen molar-refractivity contribution in [3.63, 3.8) is 0 Å². The van der Waals surface area contributed by atoms with E-state index in [4.69, 9.17) is 9.47 Å². The third-order valence-electron chi connectivity index (χ3n) is 4.68. The summed E-state index contributed by atoms with van der Waals surface area (Å²) in [5.41, 5.74) is 1.16. The van der Waals surface area contributed by atoms with Crippen molar-refractivity contribution in [2.24, 2.45) is 0 Å². The first-order chi connectivity index (χ1) is 12.2. The van der Waals surface area contributed by atoms with Gasteiger partial charge in [0.1, 0.15) is 11.3 Å². The number of rotatable bonds is 4. The third-order valence-corrected chi connectivity index (χ3v) is 4.68. The number of hydrogen-bond donors (Lipinski definition) is 0. The van der Waals surface area contributed by atoms with Gasteiger partial charge in [-0.05, 0) is 18.1 Å². The van der Waals surface area contributed by atoms with Gasteiger partial charge in [0.15, 0.2) is 0 Å². The van der Waals surface area contributed by atoms with E-state index in [0.717, 1.165) is 18.4 Å². The maximum Gasteiger partial charge on any atom is 0.274 e. The van der Waals surface area contributed by atoms with Crippen LogP contribution in [-0.4, -0.2) is 57.2 Å². The lowest BCUT2D eigenvalue weighted by Crippen LogP contribution is -2.67. The number of pyridine rings is 1. The van der Waals surface area contributed by atoms with Crippen LogP contribution in [0.2, 0.25) is 0 Å². The fraction of sp³-hybridized carbons (Fsp3) is 0.444. The lowest BCUT2D eigenvalue weighted by molar-refractivity contribution is -0.188. The molecule has 0 N–H and O–H groups in total. The SMILES string of the molecule is O=C(c1cnccn1)N1CC2(C[C@@H](OCc3cccnc3)CCO2)C1. The summed E-state index contributed by atoms with van der Waals surface area (Å²) < 4.78 is 12.0. The molecule has 1 spiro atoms. The maximum absolute atomic E-state index is 12.4. The third kappa shape index (κ3) is 3.52. The number of aromatic nitrogens is 3. The summed E-state index contributed by atoms with van der Waals surface area (Å²) in [5, 5.41) is 0. The molecule has 4 heterocycles. The number of ether oxygens (including phenoxy) is 2. The number of hydrogen-bond acceptors (Lipinski definition) is 6. The minimum absolute atomic E-state index is 0.0965. The molecule has 4 rings (SSSR count). The molecular weight excluding hydrogens is 320 g/mol. The zero-order valence-corrected chi connectivity index (χ0v) is 13.9. The fourth-order valence-corrected chi connectivity index (χ4v) is 3.41. The van der Waals surface area contributed by atoms with Gasteiger partial charge in [-0.25, -0.2) is 4.98 Å². The molecule has 1 amide bonds. The first-order valence-corrected chi connectivity index (χ1v) is 8.44. The molecule has 2 aliphatic heterocycles. The molecule has 0 unspecified atom stereocenters. The quantitative estimate of drug-likeness (QED) is 0.839. The van der Waals surface area contributed by atoms with Gasteiger partial charge in [0.25, 0.3) is 5.91 Å². The first kappa shape index (κ1) is 16.1. The van der Waals surface area contributed by atoms with E-state index < -0.39 is 0 Å². The lowest BCUT2D eigenvalue weighted by Gasteiger charge is -2.52. The Morgan fingerprint density at radius 3 is 2.92 bits per heavy atom. The highest BCUT2D eigenvalue weighted by Gasteiger charge is 2.49. The monoisotopic (exact) mass is 340 g/mol. The second-order valence-electron chi connectivity index (χ2n) is 6.57. The van der Waals surface area contributed by atoms with Crippen LogP contribution in [0, 0.1) is 0 Å². The maximum atomic E-state index is 12.4. The zero-order chi connectivity index (χ0) is 17.1. The van der Waals surface area contributed by atoms with E-state index >= 15 is 0 Å². The predicted molar refractivity (Wildman–Crippen MR) is 88.7 cm³/mol. The lowest BCUT2D eigenvalue weighted by atomic mass is 9.84. The van der Waals surface area contributed by atoms with Crippen LogP contribution >= 0.6 is 0 Å².